The lowest BCUT2D eigenvalue weighted by Gasteiger charge is -2.30. The monoisotopic (exact) mass is 686 g/mol. The normalized spacial score (nSPS) is 17.0. The van der Waals surface area contributed by atoms with Crippen LogP contribution in [0.3, 0.4) is 0 Å². The molecule has 0 radical (unpaired) electrons. The molecule has 0 spiro atoms. The predicted octanol–water partition coefficient (Wildman–Crippen LogP) is 11.7. The summed E-state index contributed by atoms with van der Waals surface area (Å²) in [5, 5.41) is 11.4. The summed E-state index contributed by atoms with van der Waals surface area (Å²) in [5.74, 6) is 1.82. The number of phenols is 1. The number of aryl methyl sites for hydroxylation is 2. The maximum atomic E-state index is 13.0. The Balaban J connectivity index is 1.64. The van der Waals surface area contributed by atoms with Crippen LogP contribution in [0.15, 0.2) is 48.5 Å². The van der Waals surface area contributed by atoms with E-state index >= 15 is 0 Å². The Labute approximate surface area is 299 Å². The van der Waals surface area contributed by atoms with Crippen LogP contribution in [0.5, 0.6) is 17.2 Å². The van der Waals surface area contributed by atoms with Crippen molar-refractivity contribution in [2.75, 3.05) is 6.79 Å². The molecular weight excluding hydrogens is 628 g/mol. The first-order valence-electron chi connectivity index (χ1n) is 18.6. The van der Waals surface area contributed by atoms with Crippen molar-refractivity contribution in [3.63, 3.8) is 0 Å². The number of aromatic hydroxyl groups is 1. The van der Waals surface area contributed by atoms with E-state index in [-0.39, 0.29) is 30.0 Å². The fraction of sp³-hybridized carbons (Fsp3) is 0.558. The molecule has 2 saturated carbocycles. The van der Waals surface area contributed by atoms with Gasteiger partial charge in [-0.3, -0.25) is 0 Å². The van der Waals surface area contributed by atoms with Gasteiger partial charge in [0.15, 0.2) is 12.5 Å². The van der Waals surface area contributed by atoms with Crippen LogP contribution in [-0.2, 0) is 14.4 Å². The molecule has 2 fully saturated rings. The molecule has 272 valence electrons. The maximum absolute atomic E-state index is 13.0. The Hall–Kier alpha value is -3.55. The average molecular weight is 687 g/mol. The molecule has 0 saturated heterocycles. The van der Waals surface area contributed by atoms with Crippen molar-refractivity contribution in [2.45, 2.75) is 149 Å². The molecule has 2 aliphatic rings. The van der Waals surface area contributed by atoms with E-state index in [1.165, 1.54) is 25.7 Å². The number of benzene rings is 3. The highest BCUT2D eigenvalue weighted by Crippen LogP contribution is 2.47. The summed E-state index contributed by atoms with van der Waals surface area (Å²) in [4.78, 5) is 24.6. The number of hydrogen-bond donors (Lipinski definition) is 1. The number of phenolic OH excluding ortho intramolecular Hbond substituents is 1. The van der Waals surface area contributed by atoms with E-state index in [1.54, 1.807) is 6.07 Å². The molecule has 0 bridgehead atoms. The second-order valence-electron chi connectivity index (χ2n) is 16.3. The molecule has 0 aromatic heterocycles. The highest BCUT2D eigenvalue weighted by molar-refractivity contribution is 5.66. The van der Waals surface area contributed by atoms with E-state index in [1.807, 2.05) is 65.8 Å². The first-order valence-corrected chi connectivity index (χ1v) is 18.6. The van der Waals surface area contributed by atoms with Crippen molar-refractivity contribution < 1.29 is 33.9 Å². The Kier molecular flexibility index (Phi) is 12.2. The molecular formula is C43H58O7. The number of ether oxygens (including phenoxy) is 3. The van der Waals surface area contributed by atoms with Crippen LogP contribution in [0.25, 0.3) is 0 Å². The minimum absolute atomic E-state index is 0.0236. The molecule has 3 aromatic carbocycles. The molecule has 0 heterocycles. The lowest BCUT2D eigenvalue weighted by Crippen LogP contribution is -2.26. The first-order chi connectivity index (χ1) is 23.7. The SMILES string of the molecule is Cc1cc(OOCOC(C)(C)C)c(C2CCCCC2)cc1C(c1cc(C2CCCCC2)c(OC(=O)OC(C)(C)C)cc1C)c1ccccc1O. The van der Waals surface area contributed by atoms with Crippen LogP contribution >= 0.6 is 0 Å². The standard InChI is InChI=1S/C43H58O7/c1-28-23-38(48-41(45)49-43(6,7)8)35(30-17-11-9-12-18-30)25-33(28)40(32-21-15-16-22-37(32)44)34-26-36(31-19-13-10-14-20-31)39(24-29(34)2)50-47-27-46-42(3,4)5/h15-16,21-26,30-31,40,44H,9-14,17-20,27H2,1-8H3. The zero-order valence-corrected chi connectivity index (χ0v) is 31.5. The summed E-state index contributed by atoms with van der Waals surface area (Å²) in [6, 6.07) is 16.2. The van der Waals surface area contributed by atoms with Gasteiger partial charge >= 0.3 is 6.16 Å². The quantitative estimate of drug-likeness (QED) is 0.0432. The number of hydrogen-bond acceptors (Lipinski definition) is 7. The smallest absolute Gasteiger partial charge is 0.508 e. The molecule has 2 aliphatic carbocycles. The van der Waals surface area contributed by atoms with E-state index in [9.17, 15) is 9.90 Å². The zero-order chi connectivity index (χ0) is 36.1. The molecule has 7 heteroatoms. The summed E-state index contributed by atoms with van der Waals surface area (Å²) in [5.41, 5.74) is 6.13. The average Bonchev–Trinajstić information content (AvgIpc) is 3.05. The molecule has 7 nitrogen and oxygen atoms in total. The van der Waals surface area contributed by atoms with Gasteiger partial charge in [-0.05, 0) is 139 Å². The van der Waals surface area contributed by atoms with Gasteiger partial charge in [0.05, 0.1) is 5.60 Å². The largest absolute Gasteiger partial charge is 0.514 e. The third-order valence-electron chi connectivity index (χ3n) is 10.0. The second kappa shape index (κ2) is 16.2. The minimum atomic E-state index is -0.697. The molecule has 1 N–H and O–H groups in total. The maximum Gasteiger partial charge on any atom is 0.514 e. The van der Waals surface area contributed by atoms with Crippen molar-refractivity contribution in [1.29, 1.82) is 0 Å². The predicted molar refractivity (Wildman–Crippen MR) is 197 cm³/mol. The van der Waals surface area contributed by atoms with Gasteiger partial charge in [-0.25, -0.2) is 4.79 Å². The van der Waals surface area contributed by atoms with Gasteiger partial charge in [0.1, 0.15) is 17.1 Å². The van der Waals surface area contributed by atoms with Crippen LogP contribution in [0.2, 0.25) is 0 Å². The van der Waals surface area contributed by atoms with E-state index in [0.717, 1.165) is 77.5 Å². The fourth-order valence-corrected chi connectivity index (χ4v) is 7.56. The van der Waals surface area contributed by atoms with E-state index in [2.05, 4.69) is 32.0 Å². The third-order valence-corrected chi connectivity index (χ3v) is 10.0. The first kappa shape index (κ1) is 37.7. The number of para-hydroxylation sites is 1. The van der Waals surface area contributed by atoms with Crippen molar-refractivity contribution in [3.05, 3.63) is 87.5 Å². The third kappa shape index (κ3) is 9.82. The van der Waals surface area contributed by atoms with Gasteiger partial charge in [-0.1, -0.05) is 68.9 Å². The summed E-state index contributed by atoms with van der Waals surface area (Å²) in [7, 11) is 0. The van der Waals surface area contributed by atoms with E-state index in [0.29, 0.717) is 17.4 Å². The Morgan fingerprint density at radius 3 is 1.76 bits per heavy atom. The summed E-state index contributed by atoms with van der Waals surface area (Å²) in [6.45, 7) is 15.7. The molecule has 1 atom stereocenters. The van der Waals surface area contributed by atoms with Crippen LogP contribution in [0.4, 0.5) is 4.79 Å². The lowest BCUT2D eigenvalue weighted by molar-refractivity contribution is -0.284. The molecule has 1 unspecified atom stereocenters. The number of carbonyl (C=O) groups excluding carboxylic acids is 1. The minimum Gasteiger partial charge on any atom is -0.508 e. The van der Waals surface area contributed by atoms with E-state index in [4.69, 9.17) is 24.0 Å². The Morgan fingerprint density at radius 2 is 1.24 bits per heavy atom. The summed E-state index contributed by atoms with van der Waals surface area (Å²) >= 11 is 0. The van der Waals surface area contributed by atoms with Crippen LogP contribution in [0.1, 0.15) is 162 Å². The van der Waals surface area contributed by atoms with E-state index < -0.39 is 11.8 Å². The topological polar surface area (TPSA) is 83.5 Å². The van der Waals surface area contributed by atoms with Crippen molar-refractivity contribution in [2.24, 2.45) is 0 Å². The Bertz CT molecular complexity index is 1600. The number of rotatable bonds is 10. The Morgan fingerprint density at radius 1 is 0.720 bits per heavy atom. The van der Waals surface area contributed by atoms with Crippen LogP contribution in [0, 0.1) is 13.8 Å². The van der Waals surface area contributed by atoms with Gasteiger partial charge in [0.25, 0.3) is 0 Å². The fourth-order valence-electron chi connectivity index (χ4n) is 7.56. The molecule has 50 heavy (non-hydrogen) atoms. The zero-order valence-electron chi connectivity index (χ0n) is 31.5. The van der Waals surface area contributed by atoms with Crippen LogP contribution in [-0.4, -0.2) is 29.3 Å². The van der Waals surface area contributed by atoms with Gasteiger partial charge in [0.2, 0.25) is 0 Å². The summed E-state index contributed by atoms with van der Waals surface area (Å²) < 4.78 is 17.3. The lowest BCUT2D eigenvalue weighted by atomic mass is 9.75. The van der Waals surface area contributed by atoms with Gasteiger partial charge in [-0.15, -0.1) is 0 Å². The molecule has 0 amide bonds. The van der Waals surface area contributed by atoms with Crippen LogP contribution < -0.4 is 9.62 Å². The second-order valence-corrected chi connectivity index (χ2v) is 16.3. The van der Waals surface area contributed by atoms with Gasteiger partial charge in [-0.2, -0.15) is 4.89 Å². The highest BCUT2D eigenvalue weighted by Gasteiger charge is 2.31. The molecule has 0 aliphatic heterocycles. The van der Waals surface area contributed by atoms with Crippen molar-refractivity contribution in [1.82, 2.24) is 0 Å². The van der Waals surface area contributed by atoms with Crippen molar-refractivity contribution in [3.8, 4) is 17.2 Å². The number of carbonyl (C=O) groups is 1. The van der Waals surface area contributed by atoms with Gasteiger partial charge < -0.3 is 24.2 Å². The highest BCUT2D eigenvalue weighted by atomic mass is 17.2. The van der Waals surface area contributed by atoms with Gasteiger partial charge in [0, 0.05) is 17.0 Å². The summed E-state index contributed by atoms with van der Waals surface area (Å²) in [6.07, 6.45) is 10.6. The molecule has 5 rings (SSSR count). The molecule has 3 aromatic rings. The van der Waals surface area contributed by atoms with Crippen molar-refractivity contribution >= 4 is 6.16 Å².